The molecule has 0 N–H and O–H groups in total. The lowest BCUT2D eigenvalue weighted by Crippen LogP contribution is -2.28. The predicted octanol–water partition coefficient (Wildman–Crippen LogP) is 2.11. The molecule has 2 aromatic heterocycles. The van der Waals surface area contributed by atoms with Crippen molar-refractivity contribution >= 4 is 11.3 Å². The van der Waals surface area contributed by atoms with Crippen molar-refractivity contribution in [3.63, 3.8) is 0 Å². The van der Waals surface area contributed by atoms with Gasteiger partial charge in [-0.25, -0.2) is 9.97 Å². The minimum Gasteiger partial charge on any atom is -0.481 e. The topological polar surface area (TPSA) is 41.5 Å². The van der Waals surface area contributed by atoms with Gasteiger partial charge >= 0.3 is 0 Å². The number of likely N-dealkylation sites (tertiary alicyclic amines) is 2. The highest BCUT2D eigenvalue weighted by atomic mass is 32.1. The van der Waals surface area contributed by atoms with Gasteiger partial charge in [0.05, 0.1) is 13.7 Å². The maximum atomic E-state index is 5.37. The number of pyridine rings is 1. The highest BCUT2D eigenvalue weighted by Gasteiger charge is 2.40. The van der Waals surface area contributed by atoms with Crippen LogP contribution in [-0.4, -0.2) is 53.1 Å². The largest absolute Gasteiger partial charge is 0.481 e. The van der Waals surface area contributed by atoms with Crippen LogP contribution < -0.4 is 4.74 Å². The molecule has 4 heterocycles. The number of aromatic nitrogens is 2. The summed E-state index contributed by atoms with van der Waals surface area (Å²) in [4.78, 5) is 13.8. The SMILES string of the molecule is COc1ncccc1CN1C[C@H]2CN(Cc3nccs3)C[C@H]2C1. The Balaban J connectivity index is 1.33. The Bertz CT molecular complexity index is 634. The second-order valence-electron chi connectivity index (χ2n) is 6.51. The van der Waals surface area contributed by atoms with Crippen LogP contribution in [0, 0.1) is 11.8 Å². The summed E-state index contributed by atoms with van der Waals surface area (Å²) < 4.78 is 5.37. The lowest BCUT2D eigenvalue weighted by molar-refractivity contribution is 0.243. The summed E-state index contributed by atoms with van der Waals surface area (Å²) in [5, 5.41) is 3.30. The Morgan fingerprint density at radius 3 is 2.48 bits per heavy atom. The molecule has 0 spiro atoms. The minimum atomic E-state index is 0.759. The number of hydrogen-bond acceptors (Lipinski definition) is 6. The molecular weight excluding hydrogens is 308 g/mol. The third-order valence-corrected chi connectivity index (χ3v) is 5.68. The van der Waals surface area contributed by atoms with Crippen molar-refractivity contribution in [2.45, 2.75) is 13.1 Å². The number of fused-ring (bicyclic) bond motifs is 1. The molecule has 0 amide bonds. The molecule has 2 saturated heterocycles. The van der Waals surface area contributed by atoms with Crippen molar-refractivity contribution < 1.29 is 4.74 Å². The molecule has 2 aliphatic heterocycles. The van der Waals surface area contributed by atoms with Crippen LogP contribution in [0.3, 0.4) is 0 Å². The summed E-state index contributed by atoms with van der Waals surface area (Å²) in [6.07, 6.45) is 3.69. The maximum Gasteiger partial charge on any atom is 0.217 e. The van der Waals surface area contributed by atoms with E-state index in [2.05, 4.69) is 31.2 Å². The van der Waals surface area contributed by atoms with Crippen molar-refractivity contribution in [2.75, 3.05) is 33.3 Å². The van der Waals surface area contributed by atoms with E-state index in [1.807, 2.05) is 12.3 Å². The summed E-state index contributed by atoms with van der Waals surface area (Å²) in [5.74, 6) is 2.34. The van der Waals surface area contributed by atoms with Crippen LogP contribution in [0.15, 0.2) is 29.9 Å². The first kappa shape index (κ1) is 15.1. The summed E-state index contributed by atoms with van der Waals surface area (Å²) in [7, 11) is 1.70. The van der Waals surface area contributed by atoms with E-state index in [-0.39, 0.29) is 0 Å². The van der Waals surface area contributed by atoms with E-state index in [0.717, 1.165) is 30.8 Å². The van der Waals surface area contributed by atoms with E-state index in [1.165, 1.54) is 36.8 Å². The van der Waals surface area contributed by atoms with Crippen molar-refractivity contribution in [3.8, 4) is 5.88 Å². The molecule has 23 heavy (non-hydrogen) atoms. The van der Waals surface area contributed by atoms with Crippen LogP contribution in [-0.2, 0) is 13.1 Å². The molecule has 0 bridgehead atoms. The molecule has 2 atom stereocenters. The summed E-state index contributed by atoms with van der Waals surface area (Å²) in [6.45, 7) is 6.71. The van der Waals surface area contributed by atoms with Crippen LogP contribution in [0.2, 0.25) is 0 Å². The van der Waals surface area contributed by atoms with Gasteiger partial charge < -0.3 is 4.74 Å². The zero-order valence-electron chi connectivity index (χ0n) is 13.4. The van der Waals surface area contributed by atoms with E-state index in [1.54, 1.807) is 24.6 Å². The van der Waals surface area contributed by atoms with Crippen molar-refractivity contribution in [1.29, 1.82) is 0 Å². The molecule has 0 saturated carbocycles. The number of nitrogens with zero attached hydrogens (tertiary/aromatic N) is 4. The van der Waals surface area contributed by atoms with Gasteiger partial charge in [0, 0.05) is 56.1 Å². The first-order chi connectivity index (χ1) is 11.3. The Morgan fingerprint density at radius 1 is 1.09 bits per heavy atom. The van der Waals surface area contributed by atoms with E-state index >= 15 is 0 Å². The summed E-state index contributed by atoms with van der Waals surface area (Å²) in [5.41, 5.74) is 1.19. The molecule has 122 valence electrons. The number of thiazole rings is 1. The van der Waals surface area contributed by atoms with E-state index < -0.39 is 0 Å². The van der Waals surface area contributed by atoms with Gasteiger partial charge in [0.15, 0.2) is 0 Å². The van der Waals surface area contributed by atoms with Gasteiger partial charge in [-0.15, -0.1) is 11.3 Å². The average Bonchev–Trinajstić information content (AvgIpc) is 3.25. The smallest absolute Gasteiger partial charge is 0.217 e. The fourth-order valence-corrected chi connectivity index (χ4v) is 4.59. The van der Waals surface area contributed by atoms with Crippen LogP contribution in [0.4, 0.5) is 0 Å². The molecular formula is C17H22N4OS. The second-order valence-corrected chi connectivity index (χ2v) is 7.49. The fraction of sp³-hybridized carbons (Fsp3) is 0.529. The Kier molecular flexibility index (Phi) is 4.29. The normalized spacial score (nSPS) is 24.9. The second kappa shape index (κ2) is 6.55. The van der Waals surface area contributed by atoms with Crippen LogP contribution in [0.5, 0.6) is 5.88 Å². The lowest BCUT2D eigenvalue weighted by atomic mass is 10.0. The van der Waals surface area contributed by atoms with Crippen LogP contribution in [0.1, 0.15) is 10.6 Å². The number of rotatable bonds is 5. The van der Waals surface area contributed by atoms with Gasteiger partial charge in [0.1, 0.15) is 5.01 Å². The average molecular weight is 330 g/mol. The van der Waals surface area contributed by atoms with E-state index in [4.69, 9.17) is 4.74 Å². The van der Waals surface area contributed by atoms with Gasteiger partial charge in [-0.05, 0) is 17.9 Å². The van der Waals surface area contributed by atoms with E-state index in [0.29, 0.717) is 0 Å². The molecule has 2 aliphatic rings. The van der Waals surface area contributed by atoms with Crippen molar-refractivity contribution in [2.24, 2.45) is 11.8 Å². The molecule has 0 aromatic carbocycles. The maximum absolute atomic E-state index is 5.37. The number of hydrogen-bond donors (Lipinski definition) is 0. The Labute approximate surface area is 140 Å². The highest BCUT2D eigenvalue weighted by Crippen LogP contribution is 2.33. The Hall–Kier alpha value is -1.50. The molecule has 5 nitrogen and oxygen atoms in total. The molecule has 2 fully saturated rings. The van der Waals surface area contributed by atoms with Crippen molar-refractivity contribution in [1.82, 2.24) is 19.8 Å². The first-order valence-corrected chi connectivity index (χ1v) is 9.00. The fourth-order valence-electron chi connectivity index (χ4n) is 3.94. The standard InChI is InChI=1S/C17H22N4OS/c1-22-17-13(3-2-4-19-17)7-20-8-14-10-21(11-15(14)9-20)12-16-18-5-6-23-16/h2-6,14-15H,7-12H2,1H3/t14-,15+. The van der Waals surface area contributed by atoms with Gasteiger partial charge in [-0.2, -0.15) is 0 Å². The quantitative estimate of drug-likeness (QED) is 0.840. The number of ether oxygens (including phenoxy) is 1. The first-order valence-electron chi connectivity index (χ1n) is 8.13. The number of methoxy groups -OCH3 is 1. The molecule has 0 unspecified atom stereocenters. The monoisotopic (exact) mass is 330 g/mol. The molecule has 6 heteroatoms. The van der Waals surface area contributed by atoms with E-state index in [9.17, 15) is 0 Å². The summed E-state index contributed by atoms with van der Waals surface area (Å²) in [6, 6.07) is 4.11. The Morgan fingerprint density at radius 2 is 1.83 bits per heavy atom. The van der Waals surface area contributed by atoms with Gasteiger partial charge in [0.25, 0.3) is 0 Å². The third-order valence-electron chi connectivity index (χ3n) is 4.92. The van der Waals surface area contributed by atoms with Gasteiger partial charge in [-0.3, -0.25) is 9.80 Å². The molecule has 0 aliphatic carbocycles. The van der Waals surface area contributed by atoms with Crippen LogP contribution in [0.25, 0.3) is 0 Å². The third kappa shape index (κ3) is 3.24. The molecule has 2 aromatic rings. The zero-order chi connectivity index (χ0) is 15.6. The van der Waals surface area contributed by atoms with Gasteiger partial charge in [0.2, 0.25) is 5.88 Å². The minimum absolute atomic E-state index is 0.759. The van der Waals surface area contributed by atoms with Crippen molar-refractivity contribution in [3.05, 3.63) is 40.5 Å². The lowest BCUT2D eigenvalue weighted by Gasteiger charge is -2.21. The predicted molar refractivity (Wildman–Crippen MR) is 90.4 cm³/mol. The molecule has 0 radical (unpaired) electrons. The van der Waals surface area contributed by atoms with Crippen LogP contribution >= 0.6 is 11.3 Å². The van der Waals surface area contributed by atoms with Gasteiger partial charge in [-0.1, -0.05) is 6.07 Å². The zero-order valence-corrected chi connectivity index (χ0v) is 14.2. The summed E-state index contributed by atoms with van der Waals surface area (Å²) >= 11 is 1.76. The molecule has 4 rings (SSSR count). The highest BCUT2D eigenvalue weighted by molar-refractivity contribution is 7.09.